The first-order valence-corrected chi connectivity index (χ1v) is 6.16. The number of benzene rings is 1. The number of hydrogen-bond donors (Lipinski definition) is 1. The average Bonchev–Trinajstić information content (AvgIpc) is 2.83. The minimum Gasteiger partial charge on any atom is -0.327 e. The van der Waals surface area contributed by atoms with Crippen LogP contribution in [0.4, 0.5) is 5.69 Å². The van der Waals surface area contributed by atoms with Gasteiger partial charge in [0, 0.05) is 17.7 Å². The summed E-state index contributed by atoms with van der Waals surface area (Å²) in [4.78, 5) is 10.6. The molecule has 1 aliphatic rings. The van der Waals surface area contributed by atoms with Gasteiger partial charge >= 0.3 is 0 Å². The second-order valence-electron chi connectivity index (χ2n) is 4.80. The van der Waals surface area contributed by atoms with E-state index in [1.165, 1.54) is 25.7 Å². The van der Waals surface area contributed by atoms with Crippen LogP contribution < -0.4 is 5.73 Å². The fourth-order valence-corrected chi connectivity index (χ4v) is 2.67. The Bertz CT molecular complexity index is 400. The smallest absolute Gasteiger partial charge is 0.272 e. The first kappa shape index (κ1) is 12.0. The predicted molar refractivity (Wildman–Crippen MR) is 66.7 cm³/mol. The normalized spacial score (nSPS) is 18.2. The summed E-state index contributed by atoms with van der Waals surface area (Å²) in [5, 5.41) is 10.9. The number of nitro benzene ring substituents is 1. The molecule has 1 atom stereocenters. The van der Waals surface area contributed by atoms with Gasteiger partial charge in [-0.1, -0.05) is 31.0 Å². The molecule has 17 heavy (non-hydrogen) atoms. The highest BCUT2D eigenvalue weighted by molar-refractivity contribution is 5.40. The largest absolute Gasteiger partial charge is 0.327 e. The maximum absolute atomic E-state index is 10.9. The molecule has 1 saturated carbocycles. The summed E-state index contributed by atoms with van der Waals surface area (Å²) >= 11 is 0. The van der Waals surface area contributed by atoms with Crippen LogP contribution in [0.5, 0.6) is 0 Å². The van der Waals surface area contributed by atoms with Gasteiger partial charge in [-0.25, -0.2) is 0 Å². The molecule has 0 spiro atoms. The summed E-state index contributed by atoms with van der Waals surface area (Å²) in [5.74, 6) is 0.537. The molecular weight excluding hydrogens is 216 g/mol. The predicted octanol–water partition coefficient (Wildman–Crippen LogP) is 2.65. The van der Waals surface area contributed by atoms with Gasteiger partial charge in [-0.3, -0.25) is 10.1 Å². The van der Waals surface area contributed by atoms with E-state index in [-0.39, 0.29) is 16.7 Å². The minimum absolute atomic E-state index is 0.0543. The van der Waals surface area contributed by atoms with E-state index in [1.807, 2.05) is 12.1 Å². The lowest BCUT2D eigenvalue weighted by atomic mass is 9.92. The maximum Gasteiger partial charge on any atom is 0.272 e. The Morgan fingerprint density at radius 1 is 1.35 bits per heavy atom. The van der Waals surface area contributed by atoms with Gasteiger partial charge in [-0.2, -0.15) is 0 Å². The van der Waals surface area contributed by atoms with Gasteiger partial charge in [0.2, 0.25) is 0 Å². The number of para-hydroxylation sites is 1. The van der Waals surface area contributed by atoms with Crippen molar-refractivity contribution in [2.24, 2.45) is 11.7 Å². The van der Waals surface area contributed by atoms with E-state index in [0.29, 0.717) is 12.3 Å². The van der Waals surface area contributed by atoms with Gasteiger partial charge in [0.1, 0.15) is 0 Å². The SMILES string of the molecule is NC(Cc1ccccc1[N+](=O)[O-])C1CCCC1. The van der Waals surface area contributed by atoms with Crippen LogP contribution in [0.3, 0.4) is 0 Å². The molecule has 2 rings (SSSR count). The third kappa shape index (κ3) is 2.82. The number of rotatable bonds is 4. The molecule has 1 fully saturated rings. The summed E-state index contributed by atoms with van der Waals surface area (Å²) in [6.07, 6.45) is 5.44. The van der Waals surface area contributed by atoms with E-state index in [9.17, 15) is 10.1 Å². The number of nitro groups is 1. The fraction of sp³-hybridized carbons (Fsp3) is 0.538. The summed E-state index contributed by atoms with van der Waals surface area (Å²) in [5.41, 5.74) is 7.11. The van der Waals surface area contributed by atoms with Crippen LogP contribution in [0, 0.1) is 16.0 Å². The van der Waals surface area contributed by atoms with Crippen molar-refractivity contribution in [3.05, 3.63) is 39.9 Å². The number of nitrogens with two attached hydrogens (primary N) is 1. The van der Waals surface area contributed by atoms with Crippen molar-refractivity contribution in [3.63, 3.8) is 0 Å². The second-order valence-corrected chi connectivity index (χ2v) is 4.80. The van der Waals surface area contributed by atoms with E-state index in [4.69, 9.17) is 5.73 Å². The molecule has 1 aliphatic carbocycles. The molecule has 0 bridgehead atoms. The Labute approximate surface area is 101 Å². The Balaban J connectivity index is 2.09. The van der Waals surface area contributed by atoms with Gasteiger partial charge in [0.15, 0.2) is 0 Å². The molecule has 1 aromatic carbocycles. The minimum atomic E-state index is -0.323. The van der Waals surface area contributed by atoms with Crippen LogP contribution >= 0.6 is 0 Å². The van der Waals surface area contributed by atoms with E-state index >= 15 is 0 Å². The van der Waals surface area contributed by atoms with Crippen molar-refractivity contribution in [1.29, 1.82) is 0 Å². The molecule has 0 radical (unpaired) electrons. The molecule has 0 saturated heterocycles. The molecular formula is C13H18N2O2. The first-order chi connectivity index (χ1) is 8.18. The quantitative estimate of drug-likeness (QED) is 0.643. The van der Waals surface area contributed by atoms with Crippen molar-refractivity contribution in [3.8, 4) is 0 Å². The lowest BCUT2D eigenvalue weighted by molar-refractivity contribution is -0.385. The van der Waals surface area contributed by atoms with Gasteiger partial charge in [-0.05, 0) is 25.2 Å². The highest BCUT2D eigenvalue weighted by atomic mass is 16.6. The molecule has 4 heteroatoms. The van der Waals surface area contributed by atoms with Gasteiger partial charge in [-0.15, -0.1) is 0 Å². The second kappa shape index (κ2) is 5.27. The average molecular weight is 234 g/mol. The third-order valence-electron chi connectivity index (χ3n) is 3.65. The zero-order valence-electron chi connectivity index (χ0n) is 9.84. The molecule has 92 valence electrons. The van der Waals surface area contributed by atoms with Crippen molar-refractivity contribution in [1.82, 2.24) is 0 Å². The number of nitrogens with zero attached hydrogens (tertiary/aromatic N) is 1. The highest BCUT2D eigenvalue weighted by Gasteiger charge is 2.24. The Morgan fingerprint density at radius 3 is 2.65 bits per heavy atom. The van der Waals surface area contributed by atoms with E-state index in [1.54, 1.807) is 12.1 Å². The zero-order chi connectivity index (χ0) is 12.3. The highest BCUT2D eigenvalue weighted by Crippen LogP contribution is 2.29. The van der Waals surface area contributed by atoms with E-state index in [0.717, 1.165) is 5.56 Å². The molecule has 0 heterocycles. The first-order valence-electron chi connectivity index (χ1n) is 6.16. The maximum atomic E-state index is 10.9. The number of hydrogen-bond acceptors (Lipinski definition) is 3. The van der Waals surface area contributed by atoms with Crippen LogP contribution in [0.25, 0.3) is 0 Å². The van der Waals surface area contributed by atoms with E-state index in [2.05, 4.69) is 0 Å². The van der Waals surface area contributed by atoms with Crippen molar-refractivity contribution in [2.45, 2.75) is 38.1 Å². The van der Waals surface area contributed by atoms with Gasteiger partial charge < -0.3 is 5.73 Å². The molecule has 1 aromatic rings. The summed E-state index contributed by atoms with van der Waals surface area (Å²) in [6.45, 7) is 0. The van der Waals surface area contributed by atoms with Crippen LogP contribution in [0.15, 0.2) is 24.3 Å². The monoisotopic (exact) mass is 234 g/mol. The van der Waals surface area contributed by atoms with Gasteiger partial charge in [0.25, 0.3) is 5.69 Å². The molecule has 0 aliphatic heterocycles. The molecule has 2 N–H and O–H groups in total. The van der Waals surface area contributed by atoms with Crippen LogP contribution in [-0.2, 0) is 6.42 Å². The standard InChI is InChI=1S/C13H18N2O2/c14-12(10-5-1-2-6-10)9-11-7-3-4-8-13(11)15(16)17/h3-4,7-8,10,12H,1-2,5-6,9,14H2. The molecule has 4 nitrogen and oxygen atoms in total. The van der Waals surface area contributed by atoms with Gasteiger partial charge in [0.05, 0.1) is 4.92 Å². The Hall–Kier alpha value is -1.42. The Morgan fingerprint density at radius 2 is 2.00 bits per heavy atom. The van der Waals surface area contributed by atoms with Crippen molar-refractivity contribution >= 4 is 5.69 Å². The van der Waals surface area contributed by atoms with Crippen LogP contribution in [0.2, 0.25) is 0 Å². The lowest BCUT2D eigenvalue weighted by Crippen LogP contribution is -2.30. The summed E-state index contributed by atoms with van der Waals surface area (Å²) in [6, 6.07) is 6.95. The van der Waals surface area contributed by atoms with Crippen LogP contribution in [-0.4, -0.2) is 11.0 Å². The lowest BCUT2D eigenvalue weighted by Gasteiger charge is -2.18. The summed E-state index contributed by atoms with van der Waals surface area (Å²) < 4.78 is 0. The third-order valence-corrected chi connectivity index (χ3v) is 3.65. The molecule has 0 aromatic heterocycles. The van der Waals surface area contributed by atoms with Crippen LogP contribution in [0.1, 0.15) is 31.2 Å². The van der Waals surface area contributed by atoms with Crippen molar-refractivity contribution in [2.75, 3.05) is 0 Å². The molecule has 1 unspecified atom stereocenters. The summed E-state index contributed by atoms with van der Waals surface area (Å²) in [7, 11) is 0. The topological polar surface area (TPSA) is 69.2 Å². The van der Waals surface area contributed by atoms with E-state index < -0.39 is 0 Å². The zero-order valence-corrected chi connectivity index (χ0v) is 9.84. The molecule has 0 amide bonds. The van der Waals surface area contributed by atoms with Crippen molar-refractivity contribution < 1.29 is 4.92 Å². The fourth-order valence-electron chi connectivity index (χ4n) is 2.67. The Kier molecular flexibility index (Phi) is 3.74.